The van der Waals surface area contributed by atoms with Gasteiger partial charge >= 0.3 is 0 Å². The van der Waals surface area contributed by atoms with Gasteiger partial charge in [-0.15, -0.1) is 0 Å². The highest BCUT2D eigenvalue weighted by Crippen LogP contribution is 2.16. The zero-order chi connectivity index (χ0) is 12.8. The molecule has 0 saturated carbocycles. The van der Waals surface area contributed by atoms with Crippen LogP contribution >= 0.6 is 15.9 Å². The molecule has 0 spiro atoms. The number of anilines is 1. The van der Waals surface area contributed by atoms with E-state index in [0.29, 0.717) is 18.8 Å². The van der Waals surface area contributed by atoms with E-state index < -0.39 is 0 Å². The van der Waals surface area contributed by atoms with Crippen LogP contribution in [0, 0.1) is 12.8 Å². The molecule has 0 aliphatic rings. The van der Waals surface area contributed by atoms with Crippen molar-refractivity contribution in [2.24, 2.45) is 5.92 Å². The summed E-state index contributed by atoms with van der Waals surface area (Å²) in [6.45, 7) is 4.44. The maximum atomic E-state index is 11.7. The van der Waals surface area contributed by atoms with Gasteiger partial charge in [0, 0.05) is 24.6 Å². The Kier molecular flexibility index (Phi) is 5.58. The monoisotopic (exact) mass is 300 g/mol. The third kappa shape index (κ3) is 4.83. The third-order valence-corrected chi connectivity index (χ3v) is 3.11. The molecule has 4 nitrogen and oxygen atoms in total. The number of ether oxygens (including phenoxy) is 1. The Morgan fingerprint density at radius 1 is 1.59 bits per heavy atom. The Bertz CT molecular complexity index is 396. The Balaban J connectivity index is 2.53. The molecule has 1 aromatic heterocycles. The summed E-state index contributed by atoms with van der Waals surface area (Å²) < 4.78 is 5.92. The van der Waals surface area contributed by atoms with Crippen LogP contribution in [-0.4, -0.2) is 24.6 Å². The molecule has 0 aromatic carbocycles. The van der Waals surface area contributed by atoms with Crippen LogP contribution in [0.15, 0.2) is 16.6 Å². The number of carbonyl (C=O) groups excluding carboxylic acids is 1. The molecule has 0 fully saturated rings. The van der Waals surface area contributed by atoms with Gasteiger partial charge < -0.3 is 10.1 Å². The predicted molar refractivity (Wildman–Crippen MR) is 71.0 cm³/mol. The topological polar surface area (TPSA) is 51.2 Å². The number of halogens is 1. The Labute approximate surface area is 110 Å². The largest absolute Gasteiger partial charge is 0.384 e. The van der Waals surface area contributed by atoms with Gasteiger partial charge in [-0.2, -0.15) is 0 Å². The fourth-order valence-corrected chi connectivity index (χ4v) is 1.69. The van der Waals surface area contributed by atoms with Crippen LogP contribution in [0.2, 0.25) is 0 Å². The standard InChI is InChI=1S/C12H17BrN2O2/c1-8(7-17-3)6-12(16)15-11-5-4-10(13)9(2)14-11/h4-5,8H,6-7H2,1-3H3,(H,14,15,16). The van der Waals surface area contributed by atoms with Gasteiger partial charge in [-0.1, -0.05) is 6.92 Å². The number of nitrogens with one attached hydrogen (secondary N) is 1. The number of nitrogens with zero attached hydrogens (tertiary/aromatic N) is 1. The van der Waals surface area contributed by atoms with E-state index >= 15 is 0 Å². The van der Waals surface area contributed by atoms with E-state index in [9.17, 15) is 4.79 Å². The number of pyridine rings is 1. The van der Waals surface area contributed by atoms with Crippen molar-refractivity contribution in [3.63, 3.8) is 0 Å². The summed E-state index contributed by atoms with van der Waals surface area (Å²) in [5.74, 6) is 0.751. The Morgan fingerprint density at radius 2 is 2.29 bits per heavy atom. The Hall–Kier alpha value is -0.940. The minimum atomic E-state index is -0.0382. The van der Waals surface area contributed by atoms with E-state index in [1.165, 1.54) is 0 Å². The van der Waals surface area contributed by atoms with Gasteiger partial charge in [0.2, 0.25) is 5.91 Å². The number of hydrogen-bond donors (Lipinski definition) is 1. The van der Waals surface area contributed by atoms with Crippen molar-refractivity contribution in [1.29, 1.82) is 0 Å². The number of hydrogen-bond acceptors (Lipinski definition) is 3. The highest BCUT2D eigenvalue weighted by molar-refractivity contribution is 9.10. The smallest absolute Gasteiger partial charge is 0.225 e. The minimum absolute atomic E-state index is 0.0382. The van der Waals surface area contributed by atoms with Crippen molar-refractivity contribution in [3.05, 3.63) is 22.3 Å². The molecule has 1 N–H and O–H groups in total. The number of rotatable bonds is 5. The van der Waals surface area contributed by atoms with Crippen LogP contribution in [0.5, 0.6) is 0 Å². The summed E-state index contributed by atoms with van der Waals surface area (Å²) >= 11 is 3.36. The number of methoxy groups -OCH3 is 1. The minimum Gasteiger partial charge on any atom is -0.384 e. The molecule has 1 aromatic rings. The van der Waals surface area contributed by atoms with Crippen LogP contribution < -0.4 is 5.32 Å². The van der Waals surface area contributed by atoms with Crippen molar-refractivity contribution in [3.8, 4) is 0 Å². The number of carbonyl (C=O) groups is 1. The van der Waals surface area contributed by atoms with Crippen LogP contribution in [-0.2, 0) is 9.53 Å². The second-order valence-electron chi connectivity index (χ2n) is 4.08. The van der Waals surface area contributed by atoms with Crippen molar-refractivity contribution in [1.82, 2.24) is 4.98 Å². The second kappa shape index (κ2) is 6.71. The van der Waals surface area contributed by atoms with E-state index in [1.807, 2.05) is 19.9 Å². The van der Waals surface area contributed by atoms with Gasteiger partial charge in [0.25, 0.3) is 0 Å². The van der Waals surface area contributed by atoms with E-state index in [1.54, 1.807) is 13.2 Å². The lowest BCUT2D eigenvalue weighted by molar-refractivity contribution is -0.117. The maximum absolute atomic E-state index is 11.7. The zero-order valence-corrected chi connectivity index (χ0v) is 11.9. The summed E-state index contributed by atoms with van der Waals surface area (Å²) in [6, 6.07) is 3.65. The summed E-state index contributed by atoms with van der Waals surface area (Å²) in [6.07, 6.45) is 0.435. The first kappa shape index (κ1) is 14.1. The van der Waals surface area contributed by atoms with Crippen molar-refractivity contribution in [2.45, 2.75) is 20.3 Å². The molecule has 5 heteroatoms. The molecular weight excluding hydrogens is 284 g/mol. The summed E-state index contributed by atoms with van der Waals surface area (Å²) in [7, 11) is 1.63. The molecule has 1 unspecified atom stereocenters. The fourth-order valence-electron chi connectivity index (χ4n) is 1.47. The second-order valence-corrected chi connectivity index (χ2v) is 4.93. The normalized spacial score (nSPS) is 12.2. The first-order valence-corrected chi connectivity index (χ1v) is 6.24. The summed E-state index contributed by atoms with van der Waals surface area (Å²) in [5, 5.41) is 2.77. The molecule has 94 valence electrons. The van der Waals surface area contributed by atoms with E-state index in [0.717, 1.165) is 10.2 Å². The summed E-state index contributed by atoms with van der Waals surface area (Å²) in [4.78, 5) is 15.9. The lowest BCUT2D eigenvalue weighted by Crippen LogP contribution is -2.18. The molecule has 1 heterocycles. The van der Waals surface area contributed by atoms with Crippen molar-refractivity contribution >= 4 is 27.7 Å². The van der Waals surface area contributed by atoms with Gasteiger partial charge in [-0.3, -0.25) is 4.79 Å². The number of amides is 1. The molecular formula is C12H17BrN2O2. The van der Waals surface area contributed by atoms with Crippen molar-refractivity contribution < 1.29 is 9.53 Å². The third-order valence-electron chi connectivity index (χ3n) is 2.27. The van der Waals surface area contributed by atoms with E-state index in [4.69, 9.17) is 4.74 Å². The highest BCUT2D eigenvalue weighted by atomic mass is 79.9. The highest BCUT2D eigenvalue weighted by Gasteiger charge is 2.10. The number of aromatic nitrogens is 1. The molecule has 0 aliphatic heterocycles. The van der Waals surface area contributed by atoms with Crippen molar-refractivity contribution in [2.75, 3.05) is 19.0 Å². The lowest BCUT2D eigenvalue weighted by Gasteiger charge is -2.10. The fraction of sp³-hybridized carbons (Fsp3) is 0.500. The average Bonchev–Trinajstić information content (AvgIpc) is 2.23. The van der Waals surface area contributed by atoms with E-state index in [-0.39, 0.29) is 11.8 Å². The SMILES string of the molecule is COCC(C)CC(=O)Nc1ccc(Br)c(C)n1. The molecule has 0 saturated heterocycles. The van der Waals surface area contributed by atoms with Gasteiger partial charge in [0.15, 0.2) is 0 Å². The molecule has 1 atom stereocenters. The average molecular weight is 301 g/mol. The molecule has 1 rings (SSSR count). The van der Waals surface area contributed by atoms with E-state index in [2.05, 4.69) is 26.2 Å². The van der Waals surface area contributed by atoms with Crippen LogP contribution in [0.1, 0.15) is 19.0 Å². The first-order chi connectivity index (χ1) is 8.02. The van der Waals surface area contributed by atoms with Crippen LogP contribution in [0.25, 0.3) is 0 Å². The molecule has 0 radical (unpaired) electrons. The Morgan fingerprint density at radius 3 is 2.88 bits per heavy atom. The van der Waals surface area contributed by atoms with Gasteiger partial charge in [-0.05, 0) is 40.9 Å². The molecule has 0 bridgehead atoms. The quantitative estimate of drug-likeness (QED) is 0.910. The summed E-state index contributed by atoms with van der Waals surface area (Å²) in [5.41, 5.74) is 0.854. The van der Waals surface area contributed by atoms with Gasteiger partial charge in [0.1, 0.15) is 5.82 Å². The van der Waals surface area contributed by atoms with Gasteiger partial charge in [-0.25, -0.2) is 4.98 Å². The van der Waals surface area contributed by atoms with Crippen LogP contribution in [0.4, 0.5) is 5.82 Å². The first-order valence-electron chi connectivity index (χ1n) is 5.45. The van der Waals surface area contributed by atoms with Crippen LogP contribution in [0.3, 0.4) is 0 Å². The molecule has 0 aliphatic carbocycles. The zero-order valence-electron chi connectivity index (χ0n) is 10.3. The molecule has 17 heavy (non-hydrogen) atoms. The molecule has 1 amide bonds. The maximum Gasteiger partial charge on any atom is 0.225 e. The lowest BCUT2D eigenvalue weighted by atomic mass is 10.1. The van der Waals surface area contributed by atoms with Gasteiger partial charge in [0.05, 0.1) is 5.69 Å². The number of aryl methyl sites for hydroxylation is 1. The predicted octanol–water partition coefficient (Wildman–Crippen LogP) is 2.76.